The number of rotatable bonds is 5. The Labute approximate surface area is 102 Å². The van der Waals surface area contributed by atoms with Crippen molar-refractivity contribution in [1.29, 1.82) is 0 Å². The van der Waals surface area contributed by atoms with Gasteiger partial charge in [-0.1, -0.05) is 37.6 Å². The molecule has 0 aromatic heterocycles. The van der Waals surface area contributed by atoms with Gasteiger partial charge in [-0.3, -0.25) is 4.79 Å². The summed E-state index contributed by atoms with van der Waals surface area (Å²) in [6.45, 7) is 5.34. The number of carboxylic acids is 1. The Balaban J connectivity index is 3.05. The number of aliphatic hydroxyl groups is 1. The summed E-state index contributed by atoms with van der Waals surface area (Å²) in [5.41, 5.74) is 0.582. The van der Waals surface area contributed by atoms with E-state index in [1.165, 1.54) is 0 Å². The maximum absolute atomic E-state index is 11.2. The van der Waals surface area contributed by atoms with E-state index in [0.29, 0.717) is 6.42 Å². The Morgan fingerprint density at radius 1 is 1.41 bits per heavy atom. The zero-order valence-corrected chi connectivity index (χ0v) is 10.6. The van der Waals surface area contributed by atoms with Gasteiger partial charge in [-0.15, -0.1) is 0 Å². The van der Waals surface area contributed by atoms with Gasteiger partial charge in [-0.05, 0) is 31.4 Å². The largest absolute Gasteiger partial charge is 0.481 e. The summed E-state index contributed by atoms with van der Waals surface area (Å²) in [5.74, 6) is -0.861. The minimum absolute atomic E-state index is 0.510. The Bertz CT molecular complexity index is 396. The molecule has 0 aliphatic heterocycles. The Morgan fingerprint density at radius 2 is 2.06 bits per heavy atom. The minimum Gasteiger partial charge on any atom is -0.481 e. The van der Waals surface area contributed by atoms with Crippen molar-refractivity contribution < 1.29 is 15.0 Å². The van der Waals surface area contributed by atoms with Crippen LogP contribution in [0, 0.1) is 0 Å². The number of hydrogen-bond acceptors (Lipinski definition) is 2. The minimum atomic E-state index is -0.929. The second-order valence-corrected chi connectivity index (χ2v) is 4.86. The molecule has 0 aliphatic carbocycles. The van der Waals surface area contributed by atoms with Gasteiger partial charge < -0.3 is 10.2 Å². The van der Waals surface area contributed by atoms with E-state index in [4.69, 9.17) is 5.11 Å². The van der Waals surface area contributed by atoms with Crippen LogP contribution in [0.3, 0.4) is 0 Å². The molecule has 3 nitrogen and oxygen atoms in total. The monoisotopic (exact) mass is 236 g/mol. The van der Waals surface area contributed by atoms with Gasteiger partial charge in [0.05, 0.1) is 11.5 Å². The second-order valence-electron chi connectivity index (χ2n) is 4.86. The molecule has 0 spiro atoms. The van der Waals surface area contributed by atoms with Crippen molar-refractivity contribution in [3.8, 4) is 0 Å². The van der Waals surface area contributed by atoms with Gasteiger partial charge in [-0.2, -0.15) is 0 Å². The molecule has 2 N–H and O–H groups in total. The van der Waals surface area contributed by atoms with Crippen molar-refractivity contribution in [3.05, 3.63) is 35.4 Å². The highest BCUT2D eigenvalue weighted by Gasteiger charge is 2.29. The molecule has 1 atom stereocenters. The van der Waals surface area contributed by atoms with Crippen LogP contribution in [0.25, 0.3) is 0 Å². The number of carboxylic acid groups (broad SMARTS) is 1. The summed E-state index contributed by atoms with van der Waals surface area (Å²) in [6, 6.07) is 7.21. The summed E-state index contributed by atoms with van der Waals surface area (Å²) in [4.78, 5) is 11.2. The van der Waals surface area contributed by atoms with E-state index in [2.05, 4.69) is 0 Å². The van der Waals surface area contributed by atoms with Gasteiger partial charge in [0.25, 0.3) is 0 Å². The van der Waals surface area contributed by atoms with E-state index < -0.39 is 17.5 Å². The summed E-state index contributed by atoms with van der Waals surface area (Å²) < 4.78 is 0. The first-order valence-electron chi connectivity index (χ1n) is 5.91. The fourth-order valence-electron chi connectivity index (χ4n) is 1.70. The van der Waals surface area contributed by atoms with Crippen LogP contribution >= 0.6 is 0 Å². The van der Waals surface area contributed by atoms with Crippen molar-refractivity contribution in [2.45, 2.75) is 45.1 Å². The first-order valence-corrected chi connectivity index (χ1v) is 5.91. The highest BCUT2D eigenvalue weighted by atomic mass is 16.4. The third-order valence-electron chi connectivity index (χ3n) is 3.09. The molecule has 0 saturated heterocycles. The van der Waals surface area contributed by atoms with Crippen molar-refractivity contribution in [2.24, 2.45) is 0 Å². The van der Waals surface area contributed by atoms with Gasteiger partial charge >= 0.3 is 5.97 Å². The van der Waals surface area contributed by atoms with Crippen LogP contribution in [0.4, 0.5) is 0 Å². The van der Waals surface area contributed by atoms with Crippen LogP contribution in [-0.4, -0.2) is 16.2 Å². The molecule has 1 rings (SSSR count). The highest BCUT2D eigenvalue weighted by molar-refractivity contribution is 5.80. The van der Waals surface area contributed by atoms with Crippen LogP contribution < -0.4 is 0 Å². The van der Waals surface area contributed by atoms with Crippen LogP contribution in [0.2, 0.25) is 0 Å². The zero-order chi connectivity index (χ0) is 13.1. The molecule has 17 heavy (non-hydrogen) atoms. The van der Waals surface area contributed by atoms with Gasteiger partial charge in [0, 0.05) is 0 Å². The van der Waals surface area contributed by atoms with Crippen molar-refractivity contribution in [2.75, 3.05) is 0 Å². The summed E-state index contributed by atoms with van der Waals surface area (Å²) in [6.07, 6.45) is 1.08. The summed E-state index contributed by atoms with van der Waals surface area (Å²) in [7, 11) is 0. The lowest BCUT2D eigenvalue weighted by Crippen LogP contribution is -2.28. The smallest absolute Gasteiger partial charge is 0.313 e. The van der Waals surface area contributed by atoms with Crippen LogP contribution in [-0.2, 0) is 10.2 Å². The average molecular weight is 236 g/mol. The average Bonchev–Trinajstić information content (AvgIpc) is 2.29. The molecule has 0 radical (unpaired) electrons. The van der Waals surface area contributed by atoms with Crippen molar-refractivity contribution in [1.82, 2.24) is 0 Å². The van der Waals surface area contributed by atoms with Crippen LogP contribution in [0.1, 0.15) is 50.8 Å². The van der Waals surface area contributed by atoms with Crippen molar-refractivity contribution in [3.63, 3.8) is 0 Å². The molecule has 1 aromatic rings. The zero-order valence-electron chi connectivity index (χ0n) is 10.6. The lowest BCUT2D eigenvalue weighted by atomic mass is 9.83. The predicted octanol–water partition coefficient (Wildman–Crippen LogP) is 2.88. The predicted molar refractivity (Wildman–Crippen MR) is 67.0 cm³/mol. The number of hydrogen-bond donors (Lipinski definition) is 2. The lowest BCUT2D eigenvalue weighted by Gasteiger charge is -2.21. The van der Waals surface area contributed by atoms with Gasteiger partial charge in [0.15, 0.2) is 0 Å². The maximum Gasteiger partial charge on any atom is 0.313 e. The van der Waals surface area contributed by atoms with Crippen LogP contribution in [0.5, 0.6) is 0 Å². The normalized spacial score (nSPS) is 13.4. The molecule has 1 unspecified atom stereocenters. The summed E-state index contributed by atoms with van der Waals surface area (Å²) >= 11 is 0. The topological polar surface area (TPSA) is 57.5 Å². The molecular formula is C14H20O3. The molecule has 0 heterocycles. The first kappa shape index (κ1) is 13.7. The molecule has 0 bridgehead atoms. The molecule has 0 fully saturated rings. The van der Waals surface area contributed by atoms with E-state index in [1.807, 2.05) is 13.0 Å². The molecule has 3 heteroatoms. The molecule has 0 amide bonds. The maximum atomic E-state index is 11.2. The highest BCUT2D eigenvalue weighted by Crippen LogP contribution is 2.27. The standard InChI is InChI=1S/C14H20O3/c1-4-6-12(15)10-7-5-8-11(9-10)14(2,3)13(16)17/h5,7-9,12,15H,4,6H2,1-3H3,(H,16,17). The first-order chi connectivity index (χ1) is 7.89. The van der Waals surface area contributed by atoms with E-state index in [-0.39, 0.29) is 0 Å². The summed E-state index contributed by atoms with van der Waals surface area (Å²) in [5, 5.41) is 19.1. The third-order valence-corrected chi connectivity index (χ3v) is 3.09. The second kappa shape index (κ2) is 5.32. The van der Waals surface area contributed by atoms with E-state index >= 15 is 0 Å². The number of carbonyl (C=O) groups is 1. The Kier molecular flexibility index (Phi) is 4.29. The third kappa shape index (κ3) is 3.07. The number of aliphatic carboxylic acids is 1. The van der Waals surface area contributed by atoms with E-state index in [9.17, 15) is 9.90 Å². The van der Waals surface area contributed by atoms with Gasteiger partial charge in [0.1, 0.15) is 0 Å². The fraction of sp³-hybridized carbons (Fsp3) is 0.500. The molecule has 94 valence electrons. The molecule has 1 aromatic carbocycles. The van der Waals surface area contributed by atoms with Gasteiger partial charge in [0.2, 0.25) is 0 Å². The molecule has 0 aliphatic rings. The van der Waals surface area contributed by atoms with Crippen molar-refractivity contribution >= 4 is 5.97 Å². The SMILES string of the molecule is CCCC(O)c1cccc(C(C)(C)C(=O)O)c1. The van der Waals surface area contributed by atoms with Crippen LogP contribution in [0.15, 0.2) is 24.3 Å². The Hall–Kier alpha value is -1.35. The van der Waals surface area contributed by atoms with E-state index in [0.717, 1.165) is 17.5 Å². The fourth-order valence-corrected chi connectivity index (χ4v) is 1.70. The molecular weight excluding hydrogens is 216 g/mol. The Morgan fingerprint density at radius 3 is 2.59 bits per heavy atom. The molecule has 0 saturated carbocycles. The van der Waals surface area contributed by atoms with Gasteiger partial charge in [-0.25, -0.2) is 0 Å². The van der Waals surface area contributed by atoms with E-state index in [1.54, 1.807) is 32.0 Å². The number of benzene rings is 1. The lowest BCUT2D eigenvalue weighted by molar-refractivity contribution is -0.142. The quantitative estimate of drug-likeness (QED) is 0.826. The number of aliphatic hydroxyl groups excluding tert-OH is 1.